The first-order valence-electron chi connectivity index (χ1n) is 22.9. The first kappa shape index (κ1) is 23.3. The molecule has 3 aromatic heterocycles. The van der Waals surface area contributed by atoms with E-state index in [2.05, 4.69) is 38.6 Å². The van der Waals surface area contributed by atoms with Crippen LogP contribution < -0.4 is 14.5 Å². The first-order valence-corrected chi connectivity index (χ1v) is 17.9. The lowest BCUT2D eigenvalue weighted by atomic mass is 9.74. The lowest BCUT2D eigenvalue weighted by Crippen LogP contribution is -2.42. The topological polar surface area (TPSA) is 52.3 Å². The van der Waals surface area contributed by atoms with Crippen molar-refractivity contribution >= 4 is 45.9 Å². The second kappa shape index (κ2) is 13.1. The van der Waals surface area contributed by atoms with E-state index < -0.39 is 60.4 Å². The maximum atomic E-state index is 8.98. The van der Waals surface area contributed by atoms with Crippen molar-refractivity contribution in [2.24, 2.45) is 0 Å². The van der Waals surface area contributed by atoms with Crippen LogP contribution >= 0.6 is 0 Å². The number of rotatable bonds is 7. The Morgan fingerprint density at radius 3 is 2.11 bits per heavy atom. The molecule has 0 saturated heterocycles. The zero-order valence-electron chi connectivity index (χ0n) is 39.4. The molecule has 0 unspecified atom stereocenters. The predicted octanol–water partition coefficient (Wildman–Crippen LogP) is 9.75. The van der Waals surface area contributed by atoms with Crippen LogP contribution in [0, 0.1) is 6.33 Å². The highest BCUT2D eigenvalue weighted by Crippen LogP contribution is 2.35. The Balaban J connectivity index is 1.03. The molecule has 0 aliphatic carbocycles. The van der Waals surface area contributed by atoms with Gasteiger partial charge >= 0.3 is 6.98 Å². The summed E-state index contributed by atoms with van der Waals surface area (Å²) in [5.74, 6) is 3.79. The van der Waals surface area contributed by atoms with Crippen molar-refractivity contribution in [1.82, 2.24) is 23.7 Å². The van der Waals surface area contributed by atoms with Crippen molar-refractivity contribution in [3.63, 3.8) is 0 Å². The van der Waals surface area contributed by atoms with Gasteiger partial charge in [-0.3, -0.25) is 13.5 Å². The zero-order chi connectivity index (χ0) is 45.7. The van der Waals surface area contributed by atoms with Gasteiger partial charge in [0.2, 0.25) is 5.78 Å². The third kappa shape index (κ3) is 5.22. The summed E-state index contributed by atoms with van der Waals surface area (Å²) in [5, 5.41) is 3.54. The Morgan fingerprint density at radius 1 is 0.679 bits per heavy atom. The number of imidazole rings is 3. The van der Waals surface area contributed by atoms with Crippen molar-refractivity contribution in [2.75, 3.05) is 0 Å². The number of allylic oxidation sites excluding steroid dienone is 2. The van der Waals surface area contributed by atoms with Gasteiger partial charge in [0.05, 0.1) is 58.2 Å². The van der Waals surface area contributed by atoms with Gasteiger partial charge in [0.15, 0.2) is 5.88 Å². The highest BCUT2D eigenvalue weighted by Gasteiger charge is 2.27. The Morgan fingerprint density at radius 2 is 1.34 bits per heavy atom. The molecule has 0 saturated carbocycles. The van der Waals surface area contributed by atoms with Crippen LogP contribution in [0.4, 0.5) is 0 Å². The number of aromatic nitrogens is 5. The minimum absolute atomic E-state index is 0.131. The molecule has 56 heavy (non-hydrogen) atoms. The molecule has 7 aromatic carbocycles. The van der Waals surface area contributed by atoms with Gasteiger partial charge in [0.1, 0.15) is 5.75 Å². The standard InChI is InChI=1S/C48H33BN6O/c1-3-16-34(17-4-1)38-22-14-23-39(35-18-5-2-6-19-35)47(38)53-33-52(42-26-9-10-27-43(42)53)36-20-13-21-37(32-36)56-46-30-15-31-49(51-46)55-45-29-12-11-28-44(45)54-41-25-8-7-24-40(41)50-48(54)55/h1-32,51H/i1D,2D,3D,4D,5D,6D,16D,17D,18D,19D. The van der Waals surface area contributed by atoms with Gasteiger partial charge in [-0.05, 0) is 70.8 Å². The summed E-state index contributed by atoms with van der Waals surface area (Å²) in [6.07, 6.45) is 7.20. The summed E-state index contributed by atoms with van der Waals surface area (Å²) in [6, 6.07) is 30.5. The summed E-state index contributed by atoms with van der Waals surface area (Å²) >= 11 is 0. The summed E-state index contributed by atoms with van der Waals surface area (Å²) < 4.78 is 101. The fraction of sp³-hybridized carbons (Fsp3) is 0. The van der Waals surface area contributed by atoms with Crippen LogP contribution in [-0.2, 0) is 0 Å². The van der Waals surface area contributed by atoms with Crippen molar-refractivity contribution in [1.29, 1.82) is 0 Å². The smallest absolute Gasteiger partial charge is 0.410 e. The van der Waals surface area contributed by atoms with Crippen LogP contribution in [0.3, 0.4) is 0 Å². The van der Waals surface area contributed by atoms with E-state index in [9.17, 15) is 0 Å². The van der Waals surface area contributed by atoms with E-state index >= 15 is 0 Å². The van der Waals surface area contributed by atoms with Crippen molar-refractivity contribution in [3.05, 3.63) is 206 Å². The third-order valence-corrected chi connectivity index (χ3v) is 9.92. The minimum Gasteiger partial charge on any atom is -0.443 e. The van der Waals surface area contributed by atoms with Gasteiger partial charge < -0.3 is 14.4 Å². The van der Waals surface area contributed by atoms with Crippen LogP contribution in [0.15, 0.2) is 200 Å². The molecule has 1 N–H and O–H groups in total. The Hall–Kier alpha value is -7.58. The van der Waals surface area contributed by atoms with Gasteiger partial charge in [-0.15, -0.1) is 0 Å². The number of nitrogens with zero attached hydrogens (tertiary/aromatic N) is 5. The lowest BCUT2D eigenvalue weighted by Gasteiger charge is -2.21. The number of hydrogen-bond acceptors (Lipinski definition) is 3. The van der Waals surface area contributed by atoms with Crippen molar-refractivity contribution < 1.29 is 23.0 Å². The van der Waals surface area contributed by atoms with Gasteiger partial charge in [-0.1, -0.05) is 145 Å². The molecule has 0 fully saturated rings. The molecular formula is C48H33BN6O. The molecule has 264 valence electrons. The zero-order valence-corrected chi connectivity index (χ0v) is 29.4. The maximum absolute atomic E-state index is 8.98. The molecule has 0 bridgehead atoms. The van der Waals surface area contributed by atoms with Crippen LogP contribution in [0.5, 0.6) is 5.75 Å². The quantitative estimate of drug-likeness (QED) is 0.101. The fourth-order valence-electron chi connectivity index (χ4n) is 7.54. The van der Waals surface area contributed by atoms with Crippen molar-refractivity contribution in [2.45, 2.75) is 0 Å². The number of hydrogen-bond donors (Lipinski definition) is 1. The highest BCUT2D eigenvalue weighted by atomic mass is 16.5. The number of fused-ring (bicyclic) bond motifs is 6. The maximum Gasteiger partial charge on any atom is 0.410 e. The lowest BCUT2D eigenvalue weighted by molar-refractivity contribution is -0.571. The van der Waals surface area contributed by atoms with E-state index in [4.69, 9.17) is 23.4 Å². The molecule has 11 rings (SSSR count). The van der Waals surface area contributed by atoms with E-state index in [1.807, 2.05) is 97.0 Å². The summed E-state index contributed by atoms with van der Waals surface area (Å²) in [4.78, 5) is 5.01. The number of ether oxygens (including phenoxy) is 1. The monoisotopic (exact) mass is 730 g/mol. The molecule has 0 atom stereocenters. The number of benzene rings is 7. The largest absolute Gasteiger partial charge is 0.443 e. The van der Waals surface area contributed by atoms with Gasteiger partial charge in [-0.25, -0.2) is 4.98 Å². The van der Waals surface area contributed by atoms with E-state index in [1.54, 1.807) is 27.3 Å². The van der Waals surface area contributed by atoms with Crippen LogP contribution in [-0.4, -0.2) is 25.4 Å². The summed E-state index contributed by atoms with van der Waals surface area (Å²) in [7, 11) is 0. The second-order valence-electron chi connectivity index (χ2n) is 13.2. The average molecular weight is 731 g/mol. The van der Waals surface area contributed by atoms with E-state index in [0.29, 0.717) is 28.4 Å². The van der Waals surface area contributed by atoms with Gasteiger partial charge in [0, 0.05) is 0 Å². The highest BCUT2D eigenvalue weighted by molar-refractivity contribution is 6.62. The fourth-order valence-corrected chi connectivity index (χ4v) is 7.54. The van der Waals surface area contributed by atoms with Crippen LogP contribution in [0.1, 0.15) is 13.7 Å². The average Bonchev–Trinajstić information content (AvgIpc) is 4.01. The Kier molecular flexibility index (Phi) is 5.43. The van der Waals surface area contributed by atoms with E-state index in [-0.39, 0.29) is 34.9 Å². The number of para-hydroxylation sites is 7. The molecular weight excluding hydrogens is 687 g/mol. The molecule has 1 aliphatic rings. The predicted molar refractivity (Wildman–Crippen MR) is 225 cm³/mol. The normalized spacial score (nSPS) is 15.3. The van der Waals surface area contributed by atoms with E-state index in [0.717, 1.165) is 27.8 Å². The SMILES string of the molecule is [2H]c1c([2H])c([2H])c(-c2cccc(-c3c([2H])c([2H])c([2H])c([2H])c3[2H])c2-[n+]2[c-]n(-c3cccc(OC4=CC=CB(n5c6ccccc6n6c7ccccc7nc56)N4)c3)c3ccccc32)c([2H])c1[2H]. The molecule has 0 amide bonds. The molecule has 0 spiro atoms. The van der Waals surface area contributed by atoms with E-state index in [1.165, 1.54) is 0 Å². The molecule has 10 aromatic rings. The summed E-state index contributed by atoms with van der Waals surface area (Å²) in [5.41, 5.74) is 5.96. The van der Waals surface area contributed by atoms with Gasteiger partial charge in [-0.2, -0.15) is 0 Å². The minimum atomic E-state index is -0.567. The summed E-state index contributed by atoms with van der Waals surface area (Å²) in [6.45, 7) is -0.353. The molecule has 0 radical (unpaired) electrons. The van der Waals surface area contributed by atoms with Crippen LogP contribution in [0.25, 0.3) is 72.5 Å². The Bertz CT molecular complexity index is 3620. The molecule has 8 heteroatoms. The molecule has 1 aliphatic heterocycles. The van der Waals surface area contributed by atoms with Gasteiger partial charge in [0.25, 0.3) is 6.33 Å². The van der Waals surface area contributed by atoms with Crippen molar-refractivity contribution in [3.8, 4) is 39.4 Å². The first-order chi connectivity index (χ1) is 31.9. The number of nitrogens with one attached hydrogen (secondary N) is 1. The third-order valence-electron chi connectivity index (χ3n) is 9.92. The second-order valence-corrected chi connectivity index (χ2v) is 13.2. The Labute approximate surface area is 337 Å². The molecule has 4 heterocycles. The molecule has 7 nitrogen and oxygen atoms in total. The van der Waals surface area contributed by atoms with Crippen LogP contribution in [0.2, 0.25) is 0 Å².